The van der Waals surface area contributed by atoms with Crippen LogP contribution in [0.4, 0.5) is 18.9 Å². The molecule has 0 aliphatic rings. The Morgan fingerprint density at radius 2 is 1.68 bits per heavy atom. The van der Waals surface area contributed by atoms with Gasteiger partial charge < -0.3 is 15.2 Å². The van der Waals surface area contributed by atoms with E-state index >= 15 is 0 Å². The van der Waals surface area contributed by atoms with Gasteiger partial charge in [-0.2, -0.15) is 13.2 Å². The van der Waals surface area contributed by atoms with Crippen molar-refractivity contribution in [1.82, 2.24) is 0 Å². The van der Waals surface area contributed by atoms with Gasteiger partial charge in [0, 0.05) is 0 Å². The van der Waals surface area contributed by atoms with E-state index in [1.807, 2.05) is 0 Å². The Morgan fingerprint density at radius 3 is 2.32 bits per heavy atom. The number of rotatable bonds is 3. The van der Waals surface area contributed by atoms with Gasteiger partial charge in [-0.3, -0.25) is 0 Å². The molecule has 22 heavy (non-hydrogen) atoms. The van der Waals surface area contributed by atoms with Crippen LogP contribution in [0.2, 0.25) is 0 Å². The largest absolute Gasteiger partial charge is 0.465 e. The average Bonchev–Trinajstić information content (AvgIpc) is 2.48. The smallest absolute Gasteiger partial charge is 0.418 e. The average molecular weight is 311 g/mol. The maximum atomic E-state index is 12.8. The topological polar surface area (TPSA) is 61.5 Å². The number of ether oxygens (including phenoxy) is 2. The molecule has 0 unspecified atom stereocenters. The van der Waals surface area contributed by atoms with Crippen molar-refractivity contribution >= 4 is 11.7 Å². The van der Waals surface area contributed by atoms with Crippen molar-refractivity contribution in [3.8, 4) is 11.5 Å². The van der Waals surface area contributed by atoms with Gasteiger partial charge >= 0.3 is 12.1 Å². The molecular weight excluding hydrogens is 299 g/mol. The molecule has 0 radical (unpaired) electrons. The van der Waals surface area contributed by atoms with Crippen LogP contribution in [0.1, 0.15) is 15.9 Å². The van der Waals surface area contributed by atoms with E-state index in [-0.39, 0.29) is 17.1 Å². The summed E-state index contributed by atoms with van der Waals surface area (Å²) in [6.07, 6.45) is -4.59. The van der Waals surface area contributed by atoms with Crippen LogP contribution in [0.25, 0.3) is 0 Å². The van der Waals surface area contributed by atoms with Crippen LogP contribution in [0.5, 0.6) is 11.5 Å². The Bertz CT molecular complexity index is 699. The Morgan fingerprint density at radius 1 is 1.05 bits per heavy atom. The van der Waals surface area contributed by atoms with E-state index in [0.717, 1.165) is 6.07 Å². The molecule has 7 heteroatoms. The standard InChI is InChI=1S/C15H12F3NO3/c1-21-14(20)9-5-2-3-7-11(9)22-12-8-4-6-10(13(12)19)15(16,17)18/h2-8H,19H2,1H3. The van der Waals surface area contributed by atoms with E-state index in [2.05, 4.69) is 4.74 Å². The number of hydrogen-bond acceptors (Lipinski definition) is 4. The van der Waals surface area contributed by atoms with Crippen molar-refractivity contribution in [1.29, 1.82) is 0 Å². The molecule has 0 aliphatic heterocycles. The first kappa shape index (κ1) is 15.7. The van der Waals surface area contributed by atoms with E-state index in [9.17, 15) is 18.0 Å². The number of carbonyl (C=O) groups excluding carboxylic acids is 1. The van der Waals surface area contributed by atoms with Gasteiger partial charge in [0.2, 0.25) is 0 Å². The molecule has 2 N–H and O–H groups in total. The third kappa shape index (κ3) is 3.13. The third-order valence-electron chi connectivity index (χ3n) is 2.88. The quantitative estimate of drug-likeness (QED) is 0.690. The number of hydrogen-bond donors (Lipinski definition) is 1. The number of esters is 1. The fraction of sp³-hybridized carbons (Fsp3) is 0.133. The maximum absolute atomic E-state index is 12.8. The number of halogens is 3. The summed E-state index contributed by atoms with van der Waals surface area (Å²) >= 11 is 0. The summed E-state index contributed by atoms with van der Waals surface area (Å²) in [6.45, 7) is 0. The molecule has 2 aromatic rings. The predicted octanol–water partition coefficient (Wildman–Crippen LogP) is 3.87. The summed E-state index contributed by atoms with van der Waals surface area (Å²) in [7, 11) is 1.19. The van der Waals surface area contributed by atoms with Gasteiger partial charge in [-0.05, 0) is 24.3 Å². The zero-order valence-corrected chi connectivity index (χ0v) is 11.5. The lowest BCUT2D eigenvalue weighted by Crippen LogP contribution is -2.10. The van der Waals surface area contributed by atoms with Gasteiger partial charge in [-0.25, -0.2) is 4.79 Å². The van der Waals surface area contributed by atoms with Crippen LogP contribution < -0.4 is 10.5 Å². The molecule has 0 spiro atoms. The van der Waals surface area contributed by atoms with Gasteiger partial charge in [0.1, 0.15) is 11.3 Å². The number of methoxy groups -OCH3 is 1. The molecular formula is C15H12F3NO3. The van der Waals surface area contributed by atoms with Crippen molar-refractivity contribution < 1.29 is 27.4 Å². The molecule has 0 saturated heterocycles. The van der Waals surface area contributed by atoms with Crippen molar-refractivity contribution in [2.24, 2.45) is 0 Å². The minimum absolute atomic E-state index is 0.0559. The molecule has 0 heterocycles. The molecule has 0 aliphatic carbocycles. The second-order valence-corrected chi connectivity index (χ2v) is 4.30. The number of nitrogen functional groups attached to an aromatic ring is 1. The monoisotopic (exact) mass is 311 g/mol. The number of benzene rings is 2. The Hall–Kier alpha value is -2.70. The van der Waals surface area contributed by atoms with E-state index in [4.69, 9.17) is 10.5 Å². The Kier molecular flexibility index (Phi) is 4.25. The normalized spacial score (nSPS) is 11.1. The fourth-order valence-corrected chi connectivity index (χ4v) is 1.83. The molecule has 0 amide bonds. The molecule has 0 atom stereocenters. The van der Waals surface area contributed by atoms with Crippen molar-refractivity contribution in [3.05, 3.63) is 53.6 Å². The van der Waals surface area contributed by atoms with Crippen molar-refractivity contribution in [2.75, 3.05) is 12.8 Å². The third-order valence-corrected chi connectivity index (χ3v) is 2.88. The molecule has 0 saturated carbocycles. The molecule has 0 bridgehead atoms. The number of alkyl halides is 3. The van der Waals surface area contributed by atoms with Crippen LogP contribution >= 0.6 is 0 Å². The van der Waals surface area contributed by atoms with Crippen LogP contribution in [-0.4, -0.2) is 13.1 Å². The van der Waals surface area contributed by atoms with Crippen molar-refractivity contribution in [2.45, 2.75) is 6.18 Å². The summed E-state index contributed by atoms with van der Waals surface area (Å²) in [5.41, 5.74) is 4.05. The van der Waals surface area contributed by atoms with Crippen LogP contribution in [0.15, 0.2) is 42.5 Å². The summed E-state index contributed by atoms with van der Waals surface area (Å²) in [6, 6.07) is 9.35. The number of carbonyl (C=O) groups is 1. The summed E-state index contributed by atoms with van der Waals surface area (Å²) in [5.74, 6) is -0.798. The molecule has 2 rings (SSSR count). The van der Waals surface area contributed by atoms with E-state index in [0.29, 0.717) is 0 Å². The first-order valence-electron chi connectivity index (χ1n) is 6.15. The van der Waals surface area contributed by atoms with Gasteiger partial charge in [0.05, 0.1) is 18.4 Å². The number of para-hydroxylation sites is 2. The van der Waals surface area contributed by atoms with Gasteiger partial charge in [0.25, 0.3) is 0 Å². The summed E-state index contributed by atoms with van der Waals surface area (Å²) in [5, 5.41) is 0. The second kappa shape index (κ2) is 5.97. The Labute approximate surface area is 124 Å². The van der Waals surface area contributed by atoms with Crippen LogP contribution in [0, 0.1) is 0 Å². The summed E-state index contributed by atoms with van der Waals surface area (Å²) in [4.78, 5) is 11.6. The SMILES string of the molecule is COC(=O)c1ccccc1Oc1cccc(C(F)(F)F)c1N. The van der Waals surface area contributed by atoms with E-state index in [1.165, 1.54) is 31.4 Å². The van der Waals surface area contributed by atoms with Crippen LogP contribution in [-0.2, 0) is 10.9 Å². The first-order valence-corrected chi connectivity index (χ1v) is 6.15. The number of anilines is 1. The minimum atomic E-state index is -4.59. The predicted molar refractivity (Wildman–Crippen MR) is 73.7 cm³/mol. The molecule has 0 aromatic heterocycles. The zero-order chi connectivity index (χ0) is 16.3. The summed E-state index contributed by atoms with van der Waals surface area (Å²) < 4.78 is 48.4. The highest BCUT2D eigenvalue weighted by molar-refractivity contribution is 5.92. The van der Waals surface area contributed by atoms with E-state index < -0.39 is 23.4 Å². The van der Waals surface area contributed by atoms with Gasteiger partial charge in [-0.1, -0.05) is 18.2 Å². The highest BCUT2D eigenvalue weighted by Crippen LogP contribution is 2.39. The highest BCUT2D eigenvalue weighted by Gasteiger charge is 2.34. The Balaban J connectivity index is 2.43. The lowest BCUT2D eigenvalue weighted by molar-refractivity contribution is -0.137. The lowest BCUT2D eigenvalue weighted by atomic mass is 10.1. The highest BCUT2D eigenvalue weighted by atomic mass is 19.4. The zero-order valence-electron chi connectivity index (χ0n) is 11.5. The lowest BCUT2D eigenvalue weighted by Gasteiger charge is -2.15. The van der Waals surface area contributed by atoms with Gasteiger partial charge in [0.15, 0.2) is 5.75 Å². The molecule has 0 fully saturated rings. The first-order chi connectivity index (χ1) is 10.3. The van der Waals surface area contributed by atoms with E-state index in [1.54, 1.807) is 12.1 Å². The number of nitrogens with two attached hydrogens (primary N) is 1. The maximum Gasteiger partial charge on any atom is 0.418 e. The van der Waals surface area contributed by atoms with Gasteiger partial charge in [-0.15, -0.1) is 0 Å². The molecule has 116 valence electrons. The molecule has 2 aromatic carbocycles. The molecule has 4 nitrogen and oxygen atoms in total. The second-order valence-electron chi connectivity index (χ2n) is 4.30. The fourth-order valence-electron chi connectivity index (χ4n) is 1.83. The minimum Gasteiger partial charge on any atom is -0.465 e. The van der Waals surface area contributed by atoms with Crippen molar-refractivity contribution in [3.63, 3.8) is 0 Å². The van der Waals surface area contributed by atoms with Crippen LogP contribution in [0.3, 0.4) is 0 Å².